The second-order valence-electron chi connectivity index (χ2n) is 12.3. The smallest absolute Gasteiger partial charge is 0.147 e. The monoisotopic (exact) mass is 426 g/mol. The van der Waals surface area contributed by atoms with Crippen LogP contribution in [-0.2, 0) is 9.78 Å². The maximum absolute atomic E-state index is 10.4. The molecular formula is C28H42O3. The maximum Gasteiger partial charge on any atom is 0.147 e. The fourth-order valence-electron chi connectivity index (χ4n) is 8.28. The van der Waals surface area contributed by atoms with E-state index in [0.717, 1.165) is 25.7 Å². The van der Waals surface area contributed by atoms with Crippen LogP contribution >= 0.6 is 0 Å². The highest BCUT2D eigenvalue weighted by Gasteiger charge is 2.71. The molecule has 172 valence electrons. The largest absolute Gasteiger partial charge is 0.393 e. The Labute approximate surface area is 188 Å². The minimum atomic E-state index is -0.505. The van der Waals surface area contributed by atoms with Crippen molar-refractivity contribution in [3.05, 3.63) is 36.0 Å². The van der Waals surface area contributed by atoms with Gasteiger partial charge in [0.1, 0.15) is 11.2 Å². The number of fused-ring (bicyclic) bond motifs is 2. The summed E-state index contributed by atoms with van der Waals surface area (Å²) in [6.45, 7) is 16.2. The number of hydrogen-bond donors (Lipinski definition) is 1. The van der Waals surface area contributed by atoms with Gasteiger partial charge in [-0.2, -0.15) is 0 Å². The van der Waals surface area contributed by atoms with Crippen LogP contribution in [0, 0.1) is 34.5 Å². The summed E-state index contributed by atoms with van der Waals surface area (Å²) >= 11 is 0. The lowest BCUT2D eigenvalue weighted by atomic mass is 9.46. The number of allylic oxidation sites excluding steroid dienone is 2. The van der Waals surface area contributed by atoms with Crippen LogP contribution in [0.1, 0.15) is 86.0 Å². The number of hydrogen-bond acceptors (Lipinski definition) is 3. The van der Waals surface area contributed by atoms with Crippen LogP contribution in [0.15, 0.2) is 36.0 Å². The average molecular weight is 427 g/mol. The Hall–Kier alpha value is -0.900. The molecule has 0 aromatic heterocycles. The van der Waals surface area contributed by atoms with Gasteiger partial charge in [0.2, 0.25) is 0 Å². The van der Waals surface area contributed by atoms with Crippen molar-refractivity contribution >= 4 is 0 Å². The van der Waals surface area contributed by atoms with Gasteiger partial charge in [-0.1, -0.05) is 52.8 Å². The molecule has 6 rings (SSSR count). The van der Waals surface area contributed by atoms with Crippen LogP contribution in [0.3, 0.4) is 0 Å². The van der Waals surface area contributed by atoms with E-state index in [0.29, 0.717) is 30.1 Å². The van der Waals surface area contributed by atoms with Crippen molar-refractivity contribution in [3.8, 4) is 0 Å². The van der Waals surface area contributed by atoms with E-state index in [9.17, 15) is 5.11 Å². The van der Waals surface area contributed by atoms with Crippen molar-refractivity contribution in [2.45, 2.75) is 103 Å². The molecule has 1 saturated heterocycles. The van der Waals surface area contributed by atoms with Crippen LogP contribution in [-0.4, -0.2) is 22.4 Å². The lowest BCUT2D eigenvalue weighted by molar-refractivity contribution is -0.455. The number of aliphatic hydroxyl groups excluding tert-OH is 1. The zero-order valence-corrected chi connectivity index (χ0v) is 20.2. The molecule has 0 radical (unpaired) electrons. The van der Waals surface area contributed by atoms with Gasteiger partial charge in [0.15, 0.2) is 0 Å². The molecule has 0 amide bonds. The second-order valence-corrected chi connectivity index (χ2v) is 12.3. The Morgan fingerprint density at radius 2 is 1.94 bits per heavy atom. The van der Waals surface area contributed by atoms with Gasteiger partial charge in [0, 0.05) is 17.8 Å². The zero-order valence-electron chi connectivity index (χ0n) is 20.2. The Bertz CT molecular complexity index is 826. The van der Waals surface area contributed by atoms with E-state index < -0.39 is 11.2 Å². The first-order valence-corrected chi connectivity index (χ1v) is 12.7. The third-order valence-electron chi connectivity index (χ3n) is 10.5. The van der Waals surface area contributed by atoms with Crippen molar-refractivity contribution in [1.82, 2.24) is 0 Å². The highest BCUT2D eigenvalue weighted by atomic mass is 17.2. The molecule has 3 heteroatoms. The highest BCUT2D eigenvalue weighted by Crippen LogP contribution is 2.71. The fraction of sp³-hybridized carbons (Fsp3) is 0.786. The molecular weight excluding hydrogens is 384 g/mol. The molecule has 2 spiro atoms. The first-order valence-electron chi connectivity index (χ1n) is 12.7. The number of rotatable bonds is 5. The van der Waals surface area contributed by atoms with Crippen LogP contribution < -0.4 is 0 Å². The maximum atomic E-state index is 10.4. The summed E-state index contributed by atoms with van der Waals surface area (Å²) in [5, 5.41) is 10.4. The first kappa shape index (κ1) is 21.9. The molecule has 31 heavy (non-hydrogen) atoms. The summed E-state index contributed by atoms with van der Waals surface area (Å²) in [5.74, 6) is 2.43. The third kappa shape index (κ3) is 2.82. The SMILES string of the molecule is C=C(CC[C@@H](C)[C@H]1CC[C@@H]2[C@]1(C)CC=C1[C@]23C=C[C@]2(C[C@@H](O)CC[C@]12C)OO3)C(C)C. The standard InChI is InChI=1S/C28H42O3/c1-18(2)19(3)7-8-20(4)22-9-10-23-25(22,5)13-12-24-26(6)14-11-21(29)17-27(26)15-16-28(23,24)31-30-27/h12,15-16,18,20-23,29H,3,7-11,13-14,17H2,1-2,4-6H3/t20-,21+,22-,23-,25-,26-,27-,28+/m1/s1. The highest BCUT2D eigenvalue weighted by molar-refractivity contribution is 5.48. The zero-order chi connectivity index (χ0) is 22.2. The molecule has 8 atom stereocenters. The van der Waals surface area contributed by atoms with Crippen molar-refractivity contribution in [2.75, 3.05) is 0 Å². The van der Waals surface area contributed by atoms with E-state index >= 15 is 0 Å². The van der Waals surface area contributed by atoms with Crippen LogP contribution in [0.2, 0.25) is 0 Å². The minimum absolute atomic E-state index is 0.0702. The molecule has 2 bridgehead atoms. The molecule has 3 nitrogen and oxygen atoms in total. The van der Waals surface area contributed by atoms with E-state index in [2.05, 4.69) is 59.4 Å². The predicted octanol–water partition coefficient (Wildman–Crippen LogP) is 6.54. The lowest BCUT2D eigenvalue weighted by Gasteiger charge is -2.66. The summed E-state index contributed by atoms with van der Waals surface area (Å²) in [6, 6.07) is 0. The van der Waals surface area contributed by atoms with Gasteiger partial charge in [-0.05, 0) is 85.8 Å². The quantitative estimate of drug-likeness (QED) is 0.401. The molecule has 0 aromatic carbocycles. The molecule has 2 heterocycles. The van der Waals surface area contributed by atoms with Crippen molar-refractivity contribution in [1.29, 1.82) is 0 Å². The van der Waals surface area contributed by atoms with Gasteiger partial charge in [-0.15, -0.1) is 0 Å². The Balaban J connectivity index is 1.45. The van der Waals surface area contributed by atoms with Crippen LogP contribution in [0.5, 0.6) is 0 Å². The molecule has 0 aromatic rings. The molecule has 6 aliphatic rings. The summed E-state index contributed by atoms with van der Waals surface area (Å²) in [5.41, 5.74) is 2.08. The molecule has 2 aliphatic heterocycles. The molecule has 0 unspecified atom stereocenters. The summed E-state index contributed by atoms with van der Waals surface area (Å²) in [4.78, 5) is 12.7. The van der Waals surface area contributed by atoms with E-state index in [1.54, 1.807) is 0 Å². The van der Waals surface area contributed by atoms with E-state index in [4.69, 9.17) is 9.78 Å². The van der Waals surface area contributed by atoms with Gasteiger partial charge in [-0.25, -0.2) is 9.78 Å². The molecule has 2 saturated carbocycles. The van der Waals surface area contributed by atoms with E-state index in [-0.39, 0.29) is 16.9 Å². The normalized spacial score (nSPS) is 48.7. The summed E-state index contributed by atoms with van der Waals surface area (Å²) in [6.07, 6.45) is 15.3. The average Bonchev–Trinajstić information content (AvgIpc) is 3.09. The predicted molar refractivity (Wildman–Crippen MR) is 124 cm³/mol. The van der Waals surface area contributed by atoms with Gasteiger partial charge in [0.25, 0.3) is 0 Å². The van der Waals surface area contributed by atoms with Gasteiger partial charge in [-0.3, -0.25) is 0 Å². The first-order chi connectivity index (χ1) is 14.6. The van der Waals surface area contributed by atoms with Crippen molar-refractivity contribution in [2.24, 2.45) is 34.5 Å². The second kappa shape index (κ2) is 7.05. The fourth-order valence-corrected chi connectivity index (χ4v) is 8.28. The Morgan fingerprint density at radius 1 is 1.16 bits per heavy atom. The third-order valence-corrected chi connectivity index (χ3v) is 10.5. The topological polar surface area (TPSA) is 38.7 Å². The molecule has 4 aliphatic carbocycles. The van der Waals surface area contributed by atoms with Gasteiger partial charge in [0.05, 0.1) is 6.10 Å². The summed E-state index contributed by atoms with van der Waals surface area (Å²) < 4.78 is 0. The van der Waals surface area contributed by atoms with Crippen molar-refractivity contribution < 1.29 is 14.9 Å². The van der Waals surface area contributed by atoms with Gasteiger partial charge < -0.3 is 5.11 Å². The lowest BCUT2D eigenvalue weighted by Crippen LogP contribution is -2.69. The van der Waals surface area contributed by atoms with Crippen LogP contribution in [0.4, 0.5) is 0 Å². The Morgan fingerprint density at radius 3 is 2.61 bits per heavy atom. The van der Waals surface area contributed by atoms with Crippen molar-refractivity contribution in [3.63, 3.8) is 0 Å². The molecule has 1 N–H and O–H groups in total. The minimum Gasteiger partial charge on any atom is -0.393 e. The van der Waals surface area contributed by atoms with Gasteiger partial charge >= 0.3 is 0 Å². The molecule has 3 fully saturated rings. The number of aliphatic hydroxyl groups is 1. The van der Waals surface area contributed by atoms with E-state index in [1.807, 2.05) is 0 Å². The van der Waals surface area contributed by atoms with E-state index in [1.165, 1.54) is 30.4 Å². The Kier molecular flexibility index (Phi) is 4.98. The summed E-state index contributed by atoms with van der Waals surface area (Å²) in [7, 11) is 0. The van der Waals surface area contributed by atoms with Crippen LogP contribution in [0.25, 0.3) is 0 Å².